The van der Waals surface area contributed by atoms with Crippen LogP contribution in [0.3, 0.4) is 0 Å². The first-order chi connectivity index (χ1) is 10.0. The molecule has 0 amide bonds. The highest BCUT2D eigenvalue weighted by Gasteiger charge is 2.23. The van der Waals surface area contributed by atoms with Crippen molar-refractivity contribution in [2.45, 2.75) is 39.5 Å². The molecule has 0 bridgehead atoms. The monoisotopic (exact) mass is 305 g/mol. The maximum absolute atomic E-state index is 10.7. The summed E-state index contributed by atoms with van der Waals surface area (Å²) in [5, 5.41) is 13.1. The van der Waals surface area contributed by atoms with Gasteiger partial charge in [0.2, 0.25) is 0 Å². The van der Waals surface area contributed by atoms with Crippen LogP contribution in [0.1, 0.15) is 36.0 Å². The molecule has 1 aliphatic rings. The van der Waals surface area contributed by atoms with Gasteiger partial charge in [0.05, 0.1) is 11.8 Å². The lowest BCUT2D eigenvalue weighted by atomic mass is 9.89. The number of aliphatic carboxylic acids is 1. The Kier molecular flexibility index (Phi) is 3.80. The van der Waals surface area contributed by atoms with Gasteiger partial charge in [-0.05, 0) is 37.7 Å². The van der Waals surface area contributed by atoms with Crippen LogP contribution in [0.2, 0.25) is 0 Å². The van der Waals surface area contributed by atoms with E-state index in [4.69, 9.17) is 5.11 Å². The first-order valence-electron chi connectivity index (χ1n) is 7.29. The van der Waals surface area contributed by atoms with Gasteiger partial charge < -0.3 is 10.4 Å². The summed E-state index contributed by atoms with van der Waals surface area (Å²) in [6, 6.07) is 0. The fourth-order valence-electron chi connectivity index (χ4n) is 2.86. The molecule has 6 heteroatoms. The summed E-state index contributed by atoms with van der Waals surface area (Å²) >= 11 is 1.76. The van der Waals surface area contributed by atoms with Crippen LogP contribution in [0.25, 0.3) is 10.2 Å². The maximum Gasteiger partial charge on any atom is 0.305 e. The average Bonchev–Trinajstić information content (AvgIpc) is 2.74. The van der Waals surface area contributed by atoms with Crippen LogP contribution in [0.4, 0.5) is 5.82 Å². The van der Waals surface area contributed by atoms with E-state index in [9.17, 15) is 4.79 Å². The van der Waals surface area contributed by atoms with Gasteiger partial charge in [-0.15, -0.1) is 11.3 Å². The van der Waals surface area contributed by atoms with E-state index in [1.54, 1.807) is 11.3 Å². The number of aromatic nitrogens is 2. The van der Waals surface area contributed by atoms with Gasteiger partial charge in [-0.3, -0.25) is 4.79 Å². The second-order valence-electron chi connectivity index (χ2n) is 5.72. The molecule has 2 N–H and O–H groups in total. The third-order valence-corrected chi connectivity index (χ3v) is 5.05. The number of carbonyl (C=O) groups is 1. The number of carboxylic acids is 1. The number of anilines is 1. The van der Waals surface area contributed by atoms with Crippen LogP contribution in [0.5, 0.6) is 0 Å². The Hall–Kier alpha value is -1.69. The summed E-state index contributed by atoms with van der Waals surface area (Å²) in [4.78, 5) is 22.2. The summed E-state index contributed by atoms with van der Waals surface area (Å²) in [5.41, 5.74) is 1.37. The SMILES string of the molecule is Cc1nc(NCCC(=O)O)c2c3c(sc2n1)C[C@H](C)CC3. The molecule has 3 rings (SSSR count). The Morgan fingerprint density at radius 3 is 3.05 bits per heavy atom. The number of carboxylic acid groups (broad SMARTS) is 1. The molecule has 0 radical (unpaired) electrons. The molecule has 2 aromatic heterocycles. The Morgan fingerprint density at radius 1 is 1.48 bits per heavy atom. The first kappa shape index (κ1) is 14.3. The first-order valence-corrected chi connectivity index (χ1v) is 8.10. The van der Waals surface area contributed by atoms with Crippen molar-refractivity contribution in [3.05, 3.63) is 16.3 Å². The average molecular weight is 305 g/mol. The molecule has 0 aliphatic heterocycles. The lowest BCUT2D eigenvalue weighted by Gasteiger charge is -2.18. The fraction of sp³-hybridized carbons (Fsp3) is 0.533. The minimum Gasteiger partial charge on any atom is -0.481 e. The standard InChI is InChI=1S/C15H19N3O2S/c1-8-3-4-10-11(7-8)21-15-13(10)14(17-9(2)18-15)16-6-5-12(19)20/h8H,3-7H2,1-2H3,(H,19,20)(H,16,17,18)/t8-/m1/s1. The Bertz CT molecular complexity index is 696. The molecule has 21 heavy (non-hydrogen) atoms. The largest absolute Gasteiger partial charge is 0.481 e. The van der Waals surface area contributed by atoms with Crippen molar-refractivity contribution in [2.75, 3.05) is 11.9 Å². The van der Waals surface area contributed by atoms with Gasteiger partial charge in [-0.25, -0.2) is 9.97 Å². The molecule has 112 valence electrons. The van der Waals surface area contributed by atoms with Crippen molar-refractivity contribution in [1.29, 1.82) is 0 Å². The number of thiophene rings is 1. The predicted molar refractivity (Wildman–Crippen MR) is 84.1 cm³/mol. The topological polar surface area (TPSA) is 75.1 Å². The zero-order chi connectivity index (χ0) is 15.0. The lowest BCUT2D eigenvalue weighted by molar-refractivity contribution is -0.136. The molecule has 0 saturated heterocycles. The quantitative estimate of drug-likeness (QED) is 0.908. The predicted octanol–water partition coefficient (Wildman–Crippen LogP) is 3.01. The van der Waals surface area contributed by atoms with Crippen molar-refractivity contribution in [3.63, 3.8) is 0 Å². The summed E-state index contributed by atoms with van der Waals surface area (Å²) < 4.78 is 0. The highest BCUT2D eigenvalue weighted by Crippen LogP contribution is 2.39. The van der Waals surface area contributed by atoms with Gasteiger partial charge in [-0.2, -0.15) is 0 Å². The Balaban J connectivity index is 2.00. The number of nitrogens with one attached hydrogen (secondary N) is 1. The van der Waals surface area contributed by atoms with Crippen LogP contribution in [-0.4, -0.2) is 27.6 Å². The van der Waals surface area contributed by atoms with Crippen molar-refractivity contribution in [3.8, 4) is 0 Å². The van der Waals surface area contributed by atoms with E-state index >= 15 is 0 Å². The molecule has 2 aromatic rings. The Labute approximate surface area is 127 Å². The second-order valence-corrected chi connectivity index (χ2v) is 6.81. The smallest absolute Gasteiger partial charge is 0.305 e. The lowest BCUT2D eigenvalue weighted by Crippen LogP contribution is -2.11. The maximum atomic E-state index is 10.7. The van der Waals surface area contributed by atoms with Crippen LogP contribution in [0.15, 0.2) is 0 Å². The molecule has 0 unspecified atom stereocenters. The molecule has 0 fully saturated rings. The van der Waals surface area contributed by atoms with E-state index in [1.807, 2.05) is 6.92 Å². The Morgan fingerprint density at radius 2 is 2.29 bits per heavy atom. The van der Waals surface area contributed by atoms with Crippen molar-refractivity contribution < 1.29 is 9.90 Å². The highest BCUT2D eigenvalue weighted by atomic mass is 32.1. The molecule has 0 saturated carbocycles. The molecular formula is C15H19N3O2S. The molecule has 0 spiro atoms. The third-order valence-electron chi connectivity index (χ3n) is 3.90. The zero-order valence-corrected chi connectivity index (χ0v) is 13.1. The highest BCUT2D eigenvalue weighted by molar-refractivity contribution is 7.19. The van der Waals surface area contributed by atoms with Gasteiger partial charge in [0, 0.05) is 11.4 Å². The van der Waals surface area contributed by atoms with E-state index in [0.29, 0.717) is 6.54 Å². The van der Waals surface area contributed by atoms with E-state index in [2.05, 4.69) is 22.2 Å². The number of nitrogens with zero attached hydrogens (tertiary/aromatic N) is 2. The second kappa shape index (κ2) is 5.60. The van der Waals surface area contributed by atoms with Crippen LogP contribution >= 0.6 is 11.3 Å². The van der Waals surface area contributed by atoms with Gasteiger partial charge in [-0.1, -0.05) is 6.92 Å². The van der Waals surface area contributed by atoms with Gasteiger partial charge >= 0.3 is 5.97 Å². The summed E-state index contributed by atoms with van der Waals surface area (Å²) in [6.45, 7) is 4.56. The summed E-state index contributed by atoms with van der Waals surface area (Å²) in [6.07, 6.45) is 3.47. The van der Waals surface area contributed by atoms with E-state index in [1.165, 1.54) is 16.9 Å². The number of fused-ring (bicyclic) bond motifs is 3. The van der Waals surface area contributed by atoms with Gasteiger partial charge in [0.1, 0.15) is 16.5 Å². The van der Waals surface area contributed by atoms with Gasteiger partial charge in [0.25, 0.3) is 0 Å². The molecule has 2 heterocycles. The molecule has 1 atom stereocenters. The molecule has 5 nitrogen and oxygen atoms in total. The van der Waals surface area contributed by atoms with Crippen molar-refractivity contribution in [2.24, 2.45) is 5.92 Å². The minimum absolute atomic E-state index is 0.0912. The molecule has 1 aliphatic carbocycles. The van der Waals surface area contributed by atoms with Gasteiger partial charge in [0.15, 0.2) is 0 Å². The van der Waals surface area contributed by atoms with Crippen LogP contribution < -0.4 is 5.32 Å². The molecular weight excluding hydrogens is 286 g/mol. The number of rotatable bonds is 4. The normalized spacial score (nSPS) is 17.7. The zero-order valence-electron chi connectivity index (χ0n) is 12.3. The van der Waals surface area contributed by atoms with Crippen molar-refractivity contribution >= 4 is 33.3 Å². The summed E-state index contributed by atoms with van der Waals surface area (Å²) in [5.74, 6) is 1.45. The van der Waals surface area contributed by atoms with Crippen molar-refractivity contribution in [1.82, 2.24) is 9.97 Å². The van der Waals surface area contributed by atoms with E-state index in [0.717, 1.165) is 40.6 Å². The summed E-state index contributed by atoms with van der Waals surface area (Å²) in [7, 11) is 0. The van der Waals surface area contributed by atoms with Crippen LogP contribution in [0, 0.1) is 12.8 Å². The number of hydrogen-bond acceptors (Lipinski definition) is 5. The number of hydrogen-bond donors (Lipinski definition) is 2. The van der Waals surface area contributed by atoms with E-state index < -0.39 is 5.97 Å². The third kappa shape index (κ3) is 2.85. The van der Waals surface area contributed by atoms with Crippen LogP contribution in [-0.2, 0) is 17.6 Å². The number of aryl methyl sites for hydroxylation is 2. The van der Waals surface area contributed by atoms with E-state index in [-0.39, 0.29) is 6.42 Å². The fourth-order valence-corrected chi connectivity index (χ4v) is 4.29. The molecule has 0 aromatic carbocycles. The minimum atomic E-state index is -0.800.